The van der Waals surface area contributed by atoms with Crippen LogP contribution in [0.15, 0.2) is 12.4 Å². The number of aryl methyl sites for hydroxylation is 1. The molecule has 1 aromatic rings. The second-order valence-electron chi connectivity index (χ2n) is 10.2. The van der Waals surface area contributed by atoms with Crippen LogP contribution in [0, 0.1) is 0 Å². The van der Waals surface area contributed by atoms with Crippen molar-refractivity contribution < 1.29 is 73.8 Å². The summed E-state index contributed by atoms with van der Waals surface area (Å²) in [6, 6.07) is 0. The van der Waals surface area contributed by atoms with Crippen molar-refractivity contribution in [2.24, 2.45) is 0 Å². The van der Waals surface area contributed by atoms with Gasteiger partial charge in [-0.2, -0.15) is 0 Å². The molecule has 8 N–H and O–H groups in total. The molecular weight excluding hydrogens is 610 g/mol. The van der Waals surface area contributed by atoms with Crippen molar-refractivity contribution in [3.05, 3.63) is 18.2 Å². The molecule has 20 heteroatoms. The number of aliphatic carboxylic acids is 6. The third-order valence-electron chi connectivity index (χ3n) is 6.19. The highest BCUT2D eigenvalue weighted by Gasteiger charge is 2.41. The Bertz CT molecular complexity index is 1180. The molecule has 0 aliphatic heterocycles. The quantitative estimate of drug-likeness (QED) is 0.0706. The van der Waals surface area contributed by atoms with Crippen LogP contribution >= 0.6 is 0 Å². The zero-order chi connectivity index (χ0) is 34.5. The first-order valence-corrected chi connectivity index (χ1v) is 13.0. The van der Waals surface area contributed by atoms with E-state index in [-0.39, 0.29) is 0 Å². The largest absolute Gasteiger partial charge is 0.481 e. The Labute approximate surface area is 253 Å². The highest BCUT2D eigenvalue weighted by atomic mass is 16.4. The number of rotatable bonds is 21. The Kier molecular flexibility index (Phi) is 13.6. The van der Waals surface area contributed by atoms with Gasteiger partial charge in [0.1, 0.15) is 25.5 Å². The molecule has 0 saturated heterocycles. The molecule has 1 aromatic heterocycles. The van der Waals surface area contributed by atoms with E-state index in [0.29, 0.717) is 17.1 Å². The van der Waals surface area contributed by atoms with Gasteiger partial charge in [0.25, 0.3) is 0 Å². The van der Waals surface area contributed by atoms with E-state index < -0.39 is 123 Å². The summed E-state index contributed by atoms with van der Waals surface area (Å²) in [7, 11) is 0. The minimum atomic E-state index is -2.36. The number of hydrogen-bond donors (Lipinski definition) is 8. The molecule has 0 aliphatic rings. The monoisotopic (exact) mass is 643 g/mol. The lowest BCUT2D eigenvalue weighted by Gasteiger charge is -2.33. The first-order valence-electron chi connectivity index (χ1n) is 13.0. The molecule has 0 aliphatic carbocycles. The Hall–Kier alpha value is -5.56. The van der Waals surface area contributed by atoms with Gasteiger partial charge < -0.3 is 50.7 Å². The van der Waals surface area contributed by atoms with Crippen LogP contribution in [0.25, 0.3) is 0 Å². The Morgan fingerprint density at radius 3 is 1.29 bits per heavy atom. The Morgan fingerprint density at radius 2 is 1.00 bits per heavy atom. The number of nitrogens with zero attached hydrogens (tertiary/aromatic N) is 3. The lowest BCUT2D eigenvalue weighted by atomic mass is 9.87. The van der Waals surface area contributed by atoms with E-state index in [0.717, 1.165) is 0 Å². The van der Waals surface area contributed by atoms with Crippen LogP contribution in [0.4, 0.5) is 0 Å². The van der Waals surface area contributed by atoms with Gasteiger partial charge in [-0.15, -0.1) is 0 Å². The maximum absolute atomic E-state index is 13.3. The molecule has 3 amide bonds. The third kappa shape index (κ3) is 13.1. The van der Waals surface area contributed by atoms with E-state index in [1.807, 2.05) is 10.6 Å². The van der Waals surface area contributed by atoms with E-state index in [4.69, 9.17) is 0 Å². The molecule has 20 nitrogen and oxygen atoms in total. The van der Waals surface area contributed by atoms with Crippen LogP contribution in [-0.4, -0.2) is 123 Å². The van der Waals surface area contributed by atoms with Gasteiger partial charge in [-0.3, -0.25) is 43.2 Å². The molecule has 248 valence electrons. The molecule has 0 bridgehead atoms. The maximum Gasteiger partial charge on any atom is 0.305 e. The highest BCUT2D eigenvalue weighted by molar-refractivity contribution is 5.91. The average molecular weight is 644 g/mol. The summed E-state index contributed by atoms with van der Waals surface area (Å²) < 4.78 is 1.35. The first-order chi connectivity index (χ1) is 20.8. The molecule has 1 heterocycles. The number of imidazole rings is 1. The summed E-state index contributed by atoms with van der Waals surface area (Å²) in [6.45, 7) is -1.000. The molecule has 0 unspecified atom stereocenters. The van der Waals surface area contributed by atoms with E-state index in [1.54, 1.807) is 6.92 Å². The van der Waals surface area contributed by atoms with E-state index >= 15 is 0 Å². The fraction of sp³-hybridized carbons (Fsp3) is 0.520. The van der Waals surface area contributed by atoms with E-state index in [9.17, 15) is 73.8 Å². The molecule has 0 fully saturated rings. The van der Waals surface area contributed by atoms with E-state index in [1.165, 1.54) is 17.0 Å². The number of carboxylic acid groups (broad SMARTS) is 6. The molecule has 0 radical (unpaired) electrons. The Balaban J connectivity index is 3.47. The normalized spacial score (nSPS) is 11.2. The first kappa shape index (κ1) is 37.5. The third-order valence-corrected chi connectivity index (χ3v) is 6.19. The molecule has 0 atom stereocenters. The molecule has 0 spiro atoms. The fourth-order valence-corrected chi connectivity index (χ4v) is 4.67. The van der Waals surface area contributed by atoms with Crippen molar-refractivity contribution in [1.29, 1.82) is 0 Å². The molecule has 0 aromatic carbocycles. The standard InChI is InChI=1S/C25H33N5O15/c1-2-14-26-3-4-29(14)13-17(33)30(11-15(31)27-24(5-18(34)35,6-19(36)37)7-20(38)39)12-16(32)28-25(8-21(40)41,9-22(42)43)10-23(44)45/h3-4H,2,5-13H2,1H3,(H,27,31)(H,28,32)(H,34,35)(H,36,37)(H,38,39)(H,40,41)(H,42,43)(H,44,45). The van der Waals surface area contributed by atoms with Crippen LogP contribution in [-0.2, 0) is 56.1 Å². The van der Waals surface area contributed by atoms with Crippen LogP contribution in [0.5, 0.6) is 0 Å². The van der Waals surface area contributed by atoms with Gasteiger partial charge in [0.05, 0.1) is 49.6 Å². The smallest absolute Gasteiger partial charge is 0.305 e. The maximum atomic E-state index is 13.3. The number of nitrogens with one attached hydrogen (secondary N) is 2. The van der Waals surface area contributed by atoms with Crippen LogP contribution in [0.1, 0.15) is 51.3 Å². The zero-order valence-electron chi connectivity index (χ0n) is 23.9. The summed E-state index contributed by atoms with van der Waals surface area (Å²) in [5, 5.41) is 59.7. The van der Waals surface area contributed by atoms with Crippen molar-refractivity contribution in [2.75, 3.05) is 13.1 Å². The number of carboxylic acids is 6. The van der Waals surface area contributed by atoms with Gasteiger partial charge in [-0.1, -0.05) is 6.92 Å². The molecule has 1 rings (SSSR count). The number of aromatic nitrogens is 2. The summed E-state index contributed by atoms with van der Waals surface area (Å²) in [4.78, 5) is 113. The van der Waals surface area contributed by atoms with Crippen LogP contribution in [0.2, 0.25) is 0 Å². The van der Waals surface area contributed by atoms with Crippen molar-refractivity contribution in [1.82, 2.24) is 25.1 Å². The second kappa shape index (κ2) is 16.3. The highest BCUT2D eigenvalue weighted by Crippen LogP contribution is 2.23. The summed E-state index contributed by atoms with van der Waals surface area (Å²) in [6.07, 6.45) is -3.80. The topological polar surface area (TPSA) is 320 Å². The van der Waals surface area contributed by atoms with Gasteiger partial charge in [-0.25, -0.2) is 4.98 Å². The molecular formula is C25H33N5O15. The van der Waals surface area contributed by atoms with E-state index in [2.05, 4.69) is 4.98 Å². The zero-order valence-corrected chi connectivity index (χ0v) is 23.9. The van der Waals surface area contributed by atoms with Gasteiger partial charge in [0, 0.05) is 18.8 Å². The summed E-state index contributed by atoms with van der Waals surface area (Å²) >= 11 is 0. The predicted octanol–water partition coefficient (Wildman–Crippen LogP) is -2.17. The lowest BCUT2D eigenvalue weighted by Crippen LogP contribution is -2.58. The van der Waals surface area contributed by atoms with Crippen LogP contribution < -0.4 is 10.6 Å². The SMILES string of the molecule is CCc1nccn1CC(=O)N(CC(=O)NC(CC(=O)O)(CC(=O)O)CC(=O)O)CC(=O)NC(CC(=O)O)(CC(=O)O)CC(=O)O. The molecule has 0 saturated carbocycles. The van der Waals surface area contributed by atoms with Gasteiger partial charge in [0.15, 0.2) is 0 Å². The number of amides is 3. The van der Waals surface area contributed by atoms with Crippen molar-refractivity contribution in [3.63, 3.8) is 0 Å². The summed E-state index contributed by atoms with van der Waals surface area (Å²) in [5.74, 6) is -13.1. The second-order valence-corrected chi connectivity index (χ2v) is 10.2. The van der Waals surface area contributed by atoms with Gasteiger partial charge in [0.2, 0.25) is 17.7 Å². The predicted molar refractivity (Wildman–Crippen MR) is 143 cm³/mol. The van der Waals surface area contributed by atoms with Crippen molar-refractivity contribution >= 4 is 53.5 Å². The Morgan fingerprint density at radius 1 is 0.667 bits per heavy atom. The minimum absolute atomic E-state index is 0.353. The molecule has 45 heavy (non-hydrogen) atoms. The average Bonchev–Trinajstić information content (AvgIpc) is 3.27. The van der Waals surface area contributed by atoms with Gasteiger partial charge >= 0.3 is 35.8 Å². The number of carbonyl (C=O) groups is 9. The summed E-state index contributed by atoms with van der Waals surface area (Å²) in [5.41, 5.74) is -4.73. The van der Waals surface area contributed by atoms with Crippen molar-refractivity contribution in [3.8, 4) is 0 Å². The fourth-order valence-electron chi connectivity index (χ4n) is 4.67. The number of carbonyl (C=O) groups excluding carboxylic acids is 3. The van der Waals surface area contributed by atoms with Crippen LogP contribution in [0.3, 0.4) is 0 Å². The van der Waals surface area contributed by atoms with Crippen molar-refractivity contribution in [2.45, 2.75) is 69.5 Å². The lowest BCUT2D eigenvalue weighted by molar-refractivity contribution is -0.149. The number of hydrogen-bond acceptors (Lipinski definition) is 10. The van der Waals surface area contributed by atoms with Gasteiger partial charge in [-0.05, 0) is 0 Å². The minimum Gasteiger partial charge on any atom is -0.481 e.